The number of benzene rings is 2. The molecular weight excluding hydrogens is 316 g/mol. The van der Waals surface area contributed by atoms with Crippen LogP contribution in [0.1, 0.15) is 20.8 Å². The molecule has 2 aromatic carbocycles. The molecule has 0 saturated heterocycles. The zero-order valence-corrected chi connectivity index (χ0v) is 14.8. The molecule has 0 heterocycles. The van der Waals surface area contributed by atoms with E-state index in [1.807, 2.05) is 0 Å². The molecule has 102 valence electrons. The van der Waals surface area contributed by atoms with Crippen LogP contribution in [0.5, 0.6) is 5.75 Å². The van der Waals surface area contributed by atoms with Crippen LogP contribution in [0.2, 0.25) is 18.1 Å². The lowest BCUT2D eigenvalue weighted by Crippen LogP contribution is -2.43. The SMILES string of the molecule is CC(C)(C)[Si](C)(C)Oc1cccc2c(Br)cccc12. The first-order chi connectivity index (χ1) is 8.72. The molecule has 0 bridgehead atoms. The van der Waals surface area contributed by atoms with Crippen LogP contribution in [-0.4, -0.2) is 8.32 Å². The Hall–Kier alpha value is -0.803. The highest BCUT2D eigenvalue weighted by molar-refractivity contribution is 9.10. The normalized spacial score (nSPS) is 12.7. The van der Waals surface area contributed by atoms with Crippen LogP contribution in [0.4, 0.5) is 0 Å². The van der Waals surface area contributed by atoms with Gasteiger partial charge >= 0.3 is 0 Å². The van der Waals surface area contributed by atoms with Gasteiger partial charge in [0.1, 0.15) is 5.75 Å². The molecule has 0 fully saturated rings. The summed E-state index contributed by atoms with van der Waals surface area (Å²) in [5, 5.41) is 2.60. The molecule has 0 amide bonds. The summed E-state index contributed by atoms with van der Waals surface area (Å²) in [5.74, 6) is 1.00. The van der Waals surface area contributed by atoms with Crippen LogP contribution in [0, 0.1) is 0 Å². The highest BCUT2D eigenvalue weighted by Gasteiger charge is 2.39. The molecule has 19 heavy (non-hydrogen) atoms. The Bertz CT molecular complexity index is 599. The maximum absolute atomic E-state index is 6.45. The van der Waals surface area contributed by atoms with Crippen LogP contribution in [0.25, 0.3) is 10.8 Å². The minimum Gasteiger partial charge on any atom is -0.543 e. The average Bonchev–Trinajstić information content (AvgIpc) is 2.28. The number of hydrogen-bond donors (Lipinski definition) is 0. The van der Waals surface area contributed by atoms with Crippen molar-refractivity contribution in [1.82, 2.24) is 0 Å². The van der Waals surface area contributed by atoms with Crippen LogP contribution < -0.4 is 4.43 Å². The van der Waals surface area contributed by atoms with Gasteiger partial charge < -0.3 is 4.43 Å². The Morgan fingerprint density at radius 2 is 1.53 bits per heavy atom. The van der Waals surface area contributed by atoms with Gasteiger partial charge in [-0.05, 0) is 35.7 Å². The van der Waals surface area contributed by atoms with Gasteiger partial charge in [-0.3, -0.25) is 0 Å². The van der Waals surface area contributed by atoms with E-state index in [0.29, 0.717) is 0 Å². The van der Waals surface area contributed by atoms with Crippen molar-refractivity contribution < 1.29 is 4.43 Å². The second-order valence-electron chi connectivity index (χ2n) is 6.45. The minimum atomic E-state index is -1.80. The Balaban J connectivity index is 2.50. The minimum absolute atomic E-state index is 0.210. The molecule has 0 aromatic heterocycles. The van der Waals surface area contributed by atoms with Crippen molar-refractivity contribution in [2.24, 2.45) is 0 Å². The maximum Gasteiger partial charge on any atom is 0.250 e. The molecule has 0 spiro atoms. The predicted octanol–water partition coefficient (Wildman–Crippen LogP) is 5.99. The van der Waals surface area contributed by atoms with Gasteiger partial charge in [0.05, 0.1) is 0 Å². The lowest BCUT2D eigenvalue weighted by Gasteiger charge is -2.36. The van der Waals surface area contributed by atoms with E-state index in [4.69, 9.17) is 4.43 Å². The average molecular weight is 337 g/mol. The molecule has 0 saturated carbocycles. The van der Waals surface area contributed by atoms with Gasteiger partial charge in [0.2, 0.25) is 0 Å². The zero-order valence-electron chi connectivity index (χ0n) is 12.3. The number of hydrogen-bond acceptors (Lipinski definition) is 1. The van der Waals surface area contributed by atoms with Crippen molar-refractivity contribution in [3.8, 4) is 5.75 Å². The fourth-order valence-corrected chi connectivity index (χ4v) is 3.29. The summed E-state index contributed by atoms with van der Waals surface area (Å²) in [7, 11) is -1.80. The molecule has 0 aliphatic rings. The third kappa shape index (κ3) is 2.87. The summed E-state index contributed by atoms with van der Waals surface area (Å²) >= 11 is 3.61. The fourth-order valence-electron chi connectivity index (χ4n) is 1.76. The molecule has 0 aliphatic heterocycles. The first kappa shape index (κ1) is 14.6. The van der Waals surface area contributed by atoms with E-state index >= 15 is 0 Å². The molecule has 0 N–H and O–H groups in total. The van der Waals surface area contributed by atoms with Gasteiger partial charge in [-0.2, -0.15) is 0 Å². The van der Waals surface area contributed by atoms with E-state index < -0.39 is 8.32 Å². The molecule has 2 aromatic rings. The van der Waals surface area contributed by atoms with E-state index in [9.17, 15) is 0 Å². The molecule has 0 atom stereocenters. The second kappa shape index (κ2) is 4.95. The molecule has 2 rings (SSSR count). The summed E-state index contributed by atoms with van der Waals surface area (Å²) < 4.78 is 7.57. The van der Waals surface area contributed by atoms with Gasteiger partial charge in [0.25, 0.3) is 8.32 Å². The van der Waals surface area contributed by atoms with Gasteiger partial charge in [-0.25, -0.2) is 0 Å². The Morgan fingerprint density at radius 1 is 0.947 bits per heavy atom. The summed E-state index contributed by atoms with van der Waals surface area (Å²) in [6.45, 7) is 11.4. The predicted molar refractivity (Wildman–Crippen MR) is 89.5 cm³/mol. The zero-order chi connectivity index (χ0) is 14.3. The van der Waals surface area contributed by atoms with Crippen LogP contribution >= 0.6 is 15.9 Å². The van der Waals surface area contributed by atoms with E-state index in [-0.39, 0.29) is 5.04 Å². The number of fused-ring (bicyclic) bond motifs is 1. The highest BCUT2D eigenvalue weighted by atomic mass is 79.9. The Kier molecular flexibility index (Phi) is 3.80. The number of halogens is 1. The maximum atomic E-state index is 6.45. The van der Waals surface area contributed by atoms with Gasteiger partial charge in [0, 0.05) is 9.86 Å². The standard InChI is InChI=1S/C16H21BrOSi/c1-16(2,3)19(4,5)18-15-11-7-8-12-13(15)9-6-10-14(12)17/h6-11H,1-5H3. The highest BCUT2D eigenvalue weighted by Crippen LogP contribution is 2.39. The van der Waals surface area contributed by atoms with Crippen molar-refractivity contribution in [2.45, 2.75) is 38.9 Å². The second-order valence-corrected chi connectivity index (χ2v) is 12.0. The topological polar surface area (TPSA) is 9.23 Å². The fraction of sp³-hybridized carbons (Fsp3) is 0.375. The molecule has 3 heteroatoms. The molecular formula is C16H21BrOSi. The molecule has 0 radical (unpaired) electrons. The summed E-state index contributed by atoms with van der Waals surface area (Å²) in [4.78, 5) is 0. The van der Waals surface area contributed by atoms with Crippen molar-refractivity contribution in [3.05, 3.63) is 40.9 Å². The number of rotatable bonds is 2. The van der Waals surface area contributed by atoms with E-state index in [1.165, 1.54) is 10.8 Å². The largest absolute Gasteiger partial charge is 0.543 e. The van der Waals surface area contributed by atoms with Crippen molar-refractivity contribution in [1.29, 1.82) is 0 Å². The lowest BCUT2D eigenvalue weighted by molar-refractivity contribution is 0.496. The summed E-state index contributed by atoms with van der Waals surface area (Å²) in [6.07, 6.45) is 0. The first-order valence-electron chi connectivity index (χ1n) is 6.59. The lowest BCUT2D eigenvalue weighted by atomic mass is 10.1. The van der Waals surface area contributed by atoms with Crippen LogP contribution in [-0.2, 0) is 0 Å². The van der Waals surface area contributed by atoms with Crippen LogP contribution in [0.15, 0.2) is 40.9 Å². The quantitative estimate of drug-likeness (QED) is 0.612. The smallest absolute Gasteiger partial charge is 0.250 e. The third-order valence-corrected chi connectivity index (χ3v) is 9.03. The van der Waals surface area contributed by atoms with Gasteiger partial charge in [-0.15, -0.1) is 0 Å². The van der Waals surface area contributed by atoms with E-state index in [1.54, 1.807) is 0 Å². The van der Waals surface area contributed by atoms with Crippen molar-refractivity contribution in [2.75, 3.05) is 0 Å². The first-order valence-corrected chi connectivity index (χ1v) is 10.3. The van der Waals surface area contributed by atoms with Crippen LogP contribution in [0.3, 0.4) is 0 Å². The monoisotopic (exact) mass is 336 g/mol. The molecule has 0 aliphatic carbocycles. The van der Waals surface area contributed by atoms with Crippen molar-refractivity contribution >= 4 is 35.0 Å². The van der Waals surface area contributed by atoms with Gasteiger partial charge in [0.15, 0.2) is 0 Å². The summed E-state index contributed by atoms with van der Waals surface area (Å²) in [5.41, 5.74) is 0. The van der Waals surface area contributed by atoms with E-state index in [0.717, 1.165) is 10.2 Å². The Morgan fingerprint density at radius 3 is 2.16 bits per heavy atom. The van der Waals surface area contributed by atoms with E-state index in [2.05, 4.69) is 86.2 Å². The molecule has 0 unspecified atom stereocenters. The summed E-state index contributed by atoms with van der Waals surface area (Å²) in [6, 6.07) is 12.5. The van der Waals surface area contributed by atoms with Gasteiger partial charge in [-0.1, -0.05) is 61.0 Å². The Labute approximate surface area is 125 Å². The van der Waals surface area contributed by atoms with Crippen molar-refractivity contribution in [3.63, 3.8) is 0 Å². The third-order valence-electron chi connectivity index (χ3n) is 4.00. The molecule has 1 nitrogen and oxygen atoms in total.